The minimum atomic E-state index is -0.236. The second-order valence-corrected chi connectivity index (χ2v) is 5.81. The van der Waals surface area contributed by atoms with Gasteiger partial charge in [0.2, 0.25) is 0 Å². The fourth-order valence-electron chi connectivity index (χ4n) is 2.66. The highest BCUT2D eigenvalue weighted by atomic mass is 16.5. The van der Waals surface area contributed by atoms with Gasteiger partial charge in [0.1, 0.15) is 5.75 Å². The lowest BCUT2D eigenvalue weighted by Gasteiger charge is -2.08. The summed E-state index contributed by atoms with van der Waals surface area (Å²) in [5.74, 6) is 0.488. The number of H-pyrrole nitrogens is 1. The maximum absolute atomic E-state index is 12.4. The van der Waals surface area contributed by atoms with Crippen molar-refractivity contribution in [3.05, 3.63) is 58.5 Å². The summed E-state index contributed by atoms with van der Waals surface area (Å²) in [6, 6.07) is 12.3. The van der Waals surface area contributed by atoms with Crippen molar-refractivity contribution >= 4 is 22.6 Å². The van der Waals surface area contributed by atoms with E-state index in [2.05, 4.69) is 10.3 Å². The highest BCUT2D eigenvalue weighted by Crippen LogP contribution is 2.19. The predicted molar refractivity (Wildman–Crippen MR) is 93.9 cm³/mol. The first kappa shape index (κ1) is 15.9. The van der Waals surface area contributed by atoms with Gasteiger partial charge in [-0.05, 0) is 56.3 Å². The highest BCUT2D eigenvalue weighted by molar-refractivity contribution is 6.05. The Morgan fingerprint density at radius 2 is 1.88 bits per heavy atom. The summed E-state index contributed by atoms with van der Waals surface area (Å²) in [6.07, 6.45) is 0. The Labute approximate surface area is 139 Å². The molecule has 0 aliphatic rings. The second kappa shape index (κ2) is 6.23. The quantitative estimate of drug-likeness (QED) is 0.773. The number of carbonyl (C=O) groups is 1. The van der Waals surface area contributed by atoms with Crippen molar-refractivity contribution in [3.8, 4) is 5.75 Å². The average molecular weight is 325 g/mol. The number of rotatable bonds is 4. The summed E-state index contributed by atoms with van der Waals surface area (Å²) in [5, 5.41) is 2.83. The summed E-state index contributed by atoms with van der Waals surface area (Å²) >= 11 is 0. The van der Waals surface area contributed by atoms with Gasteiger partial charge in [-0.1, -0.05) is 0 Å². The van der Waals surface area contributed by atoms with Gasteiger partial charge in [0.25, 0.3) is 5.91 Å². The molecule has 1 heterocycles. The van der Waals surface area contributed by atoms with Crippen LogP contribution in [-0.4, -0.2) is 22.6 Å². The molecule has 0 radical (unpaired) electrons. The standard InChI is InChI=1S/C18H19N3O3/c1-11(2)21-16-9-4-12(10-15(16)20-18(21)23)17(22)19-13-5-7-14(24-3)8-6-13/h4-11H,1-3H3,(H,19,22)(H,20,23). The molecule has 6 nitrogen and oxygen atoms in total. The molecule has 0 bridgehead atoms. The number of imidazole rings is 1. The molecule has 124 valence electrons. The van der Waals surface area contributed by atoms with E-state index in [1.165, 1.54) is 0 Å². The zero-order valence-electron chi connectivity index (χ0n) is 13.8. The van der Waals surface area contributed by atoms with Gasteiger partial charge in [-0.2, -0.15) is 0 Å². The first-order valence-electron chi connectivity index (χ1n) is 7.69. The Bertz CT molecular complexity index is 936. The third-order valence-electron chi connectivity index (χ3n) is 3.84. The van der Waals surface area contributed by atoms with Crippen molar-refractivity contribution in [2.45, 2.75) is 19.9 Å². The maximum Gasteiger partial charge on any atom is 0.326 e. The summed E-state index contributed by atoms with van der Waals surface area (Å²) in [4.78, 5) is 27.2. The van der Waals surface area contributed by atoms with Gasteiger partial charge in [-0.3, -0.25) is 9.36 Å². The van der Waals surface area contributed by atoms with E-state index in [1.54, 1.807) is 54.1 Å². The third kappa shape index (κ3) is 2.90. The summed E-state index contributed by atoms with van der Waals surface area (Å²) < 4.78 is 6.76. The van der Waals surface area contributed by atoms with E-state index in [0.717, 1.165) is 11.3 Å². The molecule has 2 aromatic carbocycles. The van der Waals surface area contributed by atoms with Gasteiger partial charge in [0.15, 0.2) is 0 Å². The van der Waals surface area contributed by atoms with Crippen LogP contribution in [0.25, 0.3) is 11.0 Å². The molecule has 0 saturated carbocycles. The van der Waals surface area contributed by atoms with Crippen molar-refractivity contribution in [3.63, 3.8) is 0 Å². The molecule has 0 spiro atoms. The number of ether oxygens (including phenoxy) is 1. The third-order valence-corrected chi connectivity index (χ3v) is 3.84. The Morgan fingerprint density at radius 1 is 1.17 bits per heavy atom. The van der Waals surface area contributed by atoms with E-state index in [0.29, 0.717) is 16.8 Å². The lowest BCUT2D eigenvalue weighted by molar-refractivity contribution is 0.102. The number of methoxy groups -OCH3 is 1. The van der Waals surface area contributed by atoms with Crippen molar-refractivity contribution in [1.29, 1.82) is 0 Å². The summed E-state index contributed by atoms with van der Waals surface area (Å²) in [7, 11) is 1.59. The molecule has 1 aromatic heterocycles. The van der Waals surface area contributed by atoms with Crippen LogP contribution in [-0.2, 0) is 0 Å². The molecule has 24 heavy (non-hydrogen) atoms. The van der Waals surface area contributed by atoms with Crippen LogP contribution in [0.1, 0.15) is 30.2 Å². The zero-order chi connectivity index (χ0) is 17.3. The van der Waals surface area contributed by atoms with E-state index in [-0.39, 0.29) is 17.6 Å². The first-order valence-corrected chi connectivity index (χ1v) is 7.69. The Kier molecular flexibility index (Phi) is 4.12. The van der Waals surface area contributed by atoms with Crippen LogP contribution in [0.4, 0.5) is 5.69 Å². The SMILES string of the molecule is COc1ccc(NC(=O)c2ccc3c(c2)[nH]c(=O)n3C(C)C)cc1. The molecule has 6 heteroatoms. The van der Waals surface area contributed by atoms with Crippen molar-refractivity contribution in [1.82, 2.24) is 9.55 Å². The van der Waals surface area contributed by atoms with E-state index in [1.807, 2.05) is 13.8 Å². The molecule has 0 aliphatic heterocycles. The van der Waals surface area contributed by atoms with Gasteiger partial charge in [-0.15, -0.1) is 0 Å². The van der Waals surface area contributed by atoms with Crippen LogP contribution < -0.4 is 15.7 Å². The molecule has 3 aromatic rings. The number of anilines is 1. The predicted octanol–water partition coefficient (Wildman–Crippen LogP) is 3.17. The molecule has 2 N–H and O–H groups in total. The number of aromatic nitrogens is 2. The molecule has 0 unspecified atom stereocenters. The fourth-order valence-corrected chi connectivity index (χ4v) is 2.66. The molecular weight excluding hydrogens is 306 g/mol. The Balaban J connectivity index is 1.88. The van der Waals surface area contributed by atoms with Crippen LogP contribution in [0.3, 0.4) is 0 Å². The van der Waals surface area contributed by atoms with Gasteiger partial charge in [0, 0.05) is 17.3 Å². The number of nitrogens with one attached hydrogen (secondary N) is 2. The largest absolute Gasteiger partial charge is 0.497 e. The monoisotopic (exact) mass is 325 g/mol. The molecule has 0 aliphatic carbocycles. The van der Waals surface area contributed by atoms with E-state index in [4.69, 9.17) is 4.74 Å². The number of hydrogen-bond donors (Lipinski definition) is 2. The number of hydrogen-bond acceptors (Lipinski definition) is 3. The van der Waals surface area contributed by atoms with Crippen LogP contribution in [0.15, 0.2) is 47.3 Å². The minimum Gasteiger partial charge on any atom is -0.497 e. The van der Waals surface area contributed by atoms with E-state index >= 15 is 0 Å². The molecular formula is C18H19N3O3. The highest BCUT2D eigenvalue weighted by Gasteiger charge is 2.13. The number of fused-ring (bicyclic) bond motifs is 1. The second-order valence-electron chi connectivity index (χ2n) is 5.81. The van der Waals surface area contributed by atoms with Gasteiger partial charge in [0.05, 0.1) is 18.1 Å². The van der Waals surface area contributed by atoms with Crippen molar-refractivity contribution < 1.29 is 9.53 Å². The van der Waals surface area contributed by atoms with Crippen LogP contribution in [0.2, 0.25) is 0 Å². The topological polar surface area (TPSA) is 76.1 Å². The van der Waals surface area contributed by atoms with Crippen LogP contribution in [0, 0.1) is 0 Å². The average Bonchev–Trinajstić information content (AvgIpc) is 2.90. The lowest BCUT2D eigenvalue weighted by atomic mass is 10.1. The van der Waals surface area contributed by atoms with Gasteiger partial charge < -0.3 is 15.0 Å². The number of aromatic amines is 1. The van der Waals surface area contributed by atoms with Crippen molar-refractivity contribution in [2.75, 3.05) is 12.4 Å². The lowest BCUT2D eigenvalue weighted by Crippen LogP contribution is -2.18. The Morgan fingerprint density at radius 3 is 2.50 bits per heavy atom. The molecule has 0 saturated heterocycles. The number of amides is 1. The first-order chi connectivity index (χ1) is 11.5. The van der Waals surface area contributed by atoms with Crippen molar-refractivity contribution in [2.24, 2.45) is 0 Å². The number of carbonyl (C=O) groups excluding carboxylic acids is 1. The fraction of sp³-hybridized carbons (Fsp3) is 0.222. The van der Waals surface area contributed by atoms with E-state index < -0.39 is 0 Å². The number of benzene rings is 2. The summed E-state index contributed by atoms with van der Waals surface area (Å²) in [5.41, 5.74) is 2.42. The van der Waals surface area contributed by atoms with Crippen LogP contribution >= 0.6 is 0 Å². The Hall–Kier alpha value is -3.02. The van der Waals surface area contributed by atoms with E-state index in [9.17, 15) is 9.59 Å². The smallest absolute Gasteiger partial charge is 0.326 e. The summed E-state index contributed by atoms with van der Waals surface area (Å²) in [6.45, 7) is 3.89. The molecule has 0 atom stereocenters. The van der Waals surface area contributed by atoms with Crippen LogP contribution in [0.5, 0.6) is 5.75 Å². The molecule has 0 fully saturated rings. The normalized spacial score (nSPS) is 11.0. The number of nitrogens with zero attached hydrogens (tertiary/aromatic N) is 1. The van der Waals surface area contributed by atoms with Gasteiger partial charge in [-0.25, -0.2) is 4.79 Å². The minimum absolute atomic E-state index is 0.0465. The molecule has 1 amide bonds. The zero-order valence-corrected chi connectivity index (χ0v) is 13.8. The maximum atomic E-state index is 12.4. The van der Waals surface area contributed by atoms with Gasteiger partial charge >= 0.3 is 5.69 Å². The molecule has 3 rings (SSSR count).